The number of hydrogen-bond donors (Lipinski definition) is 1. The summed E-state index contributed by atoms with van der Waals surface area (Å²) in [4.78, 5) is 14.3. The predicted octanol–water partition coefficient (Wildman–Crippen LogP) is 3.36. The number of benzene rings is 2. The average molecular weight is 343 g/mol. The Morgan fingerprint density at radius 3 is 2.00 bits per heavy atom. The van der Waals surface area contributed by atoms with Crippen molar-refractivity contribution in [2.24, 2.45) is 5.73 Å². The second kappa shape index (κ2) is 9.50. The molecule has 0 aliphatic heterocycles. The number of rotatable bonds is 8. The zero-order valence-corrected chi connectivity index (χ0v) is 15.2. The van der Waals surface area contributed by atoms with Crippen molar-refractivity contribution in [1.82, 2.24) is 4.90 Å². The van der Waals surface area contributed by atoms with E-state index < -0.39 is 6.04 Å². The lowest BCUT2D eigenvalue weighted by molar-refractivity contribution is -0.131. The minimum atomic E-state index is -0.422. The Labute approximate surface area is 149 Å². The van der Waals surface area contributed by atoms with Crippen LogP contribution in [0.2, 0.25) is 0 Å². The van der Waals surface area contributed by atoms with E-state index in [0.29, 0.717) is 13.0 Å². The smallest absolute Gasteiger partial charge is 0.239 e. The summed E-state index contributed by atoms with van der Waals surface area (Å²) >= 11 is 1.72. The van der Waals surface area contributed by atoms with E-state index in [9.17, 15) is 4.79 Å². The van der Waals surface area contributed by atoms with Gasteiger partial charge in [0.15, 0.2) is 0 Å². The van der Waals surface area contributed by atoms with Crippen molar-refractivity contribution in [2.45, 2.75) is 18.4 Å². The summed E-state index contributed by atoms with van der Waals surface area (Å²) in [6, 6.07) is 20.2. The molecule has 4 heteroatoms. The Kier molecular flexibility index (Phi) is 7.35. The van der Waals surface area contributed by atoms with Crippen LogP contribution in [0.15, 0.2) is 60.7 Å². The van der Waals surface area contributed by atoms with E-state index >= 15 is 0 Å². The SMILES string of the molecule is CSCC[C@H](N)C(=O)N(C)CC(c1ccccc1)c1ccccc1. The summed E-state index contributed by atoms with van der Waals surface area (Å²) in [6.07, 6.45) is 2.74. The van der Waals surface area contributed by atoms with E-state index in [-0.39, 0.29) is 11.8 Å². The first-order chi connectivity index (χ1) is 11.6. The van der Waals surface area contributed by atoms with Crippen molar-refractivity contribution < 1.29 is 4.79 Å². The summed E-state index contributed by atoms with van der Waals surface area (Å²) in [5, 5.41) is 0. The highest BCUT2D eigenvalue weighted by atomic mass is 32.2. The van der Waals surface area contributed by atoms with Crippen LogP contribution in [0.5, 0.6) is 0 Å². The van der Waals surface area contributed by atoms with Gasteiger partial charge in [0.1, 0.15) is 0 Å². The van der Waals surface area contributed by atoms with Crippen LogP contribution in [0.25, 0.3) is 0 Å². The molecule has 0 aliphatic carbocycles. The lowest BCUT2D eigenvalue weighted by Crippen LogP contribution is -2.43. The molecule has 0 unspecified atom stereocenters. The maximum atomic E-state index is 12.5. The van der Waals surface area contributed by atoms with E-state index in [0.717, 1.165) is 5.75 Å². The molecule has 0 bridgehead atoms. The fourth-order valence-corrected chi connectivity index (χ4v) is 3.28. The summed E-state index contributed by atoms with van der Waals surface area (Å²) < 4.78 is 0. The molecule has 0 spiro atoms. The van der Waals surface area contributed by atoms with Gasteiger partial charge >= 0.3 is 0 Å². The van der Waals surface area contributed by atoms with Crippen molar-refractivity contribution in [3.8, 4) is 0 Å². The monoisotopic (exact) mass is 342 g/mol. The molecular weight excluding hydrogens is 316 g/mol. The number of thioether (sulfide) groups is 1. The summed E-state index contributed by atoms with van der Waals surface area (Å²) in [5.74, 6) is 1.07. The molecule has 128 valence electrons. The van der Waals surface area contributed by atoms with Gasteiger partial charge in [-0.1, -0.05) is 60.7 Å². The minimum Gasteiger partial charge on any atom is -0.343 e. The Morgan fingerprint density at radius 2 is 1.54 bits per heavy atom. The van der Waals surface area contributed by atoms with E-state index in [4.69, 9.17) is 5.73 Å². The highest BCUT2D eigenvalue weighted by molar-refractivity contribution is 7.98. The number of nitrogens with two attached hydrogens (primary N) is 1. The van der Waals surface area contributed by atoms with Crippen molar-refractivity contribution in [2.75, 3.05) is 25.6 Å². The molecule has 2 aromatic rings. The molecule has 1 amide bonds. The fourth-order valence-electron chi connectivity index (χ4n) is 2.79. The van der Waals surface area contributed by atoms with Gasteiger partial charge in [-0.2, -0.15) is 11.8 Å². The maximum absolute atomic E-state index is 12.5. The molecule has 0 fully saturated rings. The fraction of sp³-hybridized carbons (Fsp3) is 0.350. The second-order valence-electron chi connectivity index (χ2n) is 5.98. The first-order valence-corrected chi connectivity index (χ1v) is 9.62. The molecule has 24 heavy (non-hydrogen) atoms. The van der Waals surface area contributed by atoms with Gasteiger partial charge in [0.2, 0.25) is 5.91 Å². The molecule has 1 atom stereocenters. The van der Waals surface area contributed by atoms with E-state index in [1.165, 1.54) is 11.1 Å². The highest BCUT2D eigenvalue weighted by Gasteiger charge is 2.22. The van der Waals surface area contributed by atoms with Crippen LogP contribution >= 0.6 is 11.8 Å². The van der Waals surface area contributed by atoms with Gasteiger partial charge in [-0.15, -0.1) is 0 Å². The first-order valence-electron chi connectivity index (χ1n) is 8.23. The molecule has 0 aliphatic rings. The molecule has 0 saturated heterocycles. The minimum absolute atomic E-state index is 0.0147. The van der Waals surface area contributed by atoms with Crippen LogP contribution in [0.1, 0.15) is 23.5 Å². The van der Waals surface area contributed by atoms with E-state index in [1.807, 2.05) is 49.7 Å². The van der Waals surface area contributed by atoms with Crippen molar-refractivity contribution in [3.63, 3.8) is 0 Å². The Bertz CT molecular complexity index is 579. The highest BCUT2D eigenvalue weighted by Crippen LogP contribution is 2.25. The van der Waals surface area contributed by atoms with Crippen LogP contribution in [0.3, 0.4) is 0 Å². The zero-order valence-electron chi connectivity index (χ0n) is 14.4. The van der Waals surface area contributed by atoms with Gasteiger partial charge in [0.25, 0.3) is 0 Å². The third-order valence-electron chi connectivity index (χ3n) is 4.19. The number of carbonyl (C=O) groups excluding carboxylic acids is 1. The van der Waals surface area contributed by atoms with Gasteiger partial charge in [0, 0.05) is 19.5 Å². The Hall–Kier alpha value is -1.78. The lowest BCUT2D eigenvalue weighted by atomic mass is 9.91. The normalized spacial score (nSPS) is 12.2. The van der Waals surface area contributed by atoms with Crippen LogP contribution in [0.4, 0.5) is 0 Å². The van der Waals surface area contributed by atoms with Gasteiger partial charge < -0.3 is 10.6 Å². The molecule has 3 nitrogen and oxygen atoms in total. The number of likely N-dealkylation sites (N-methyl/N-ethyl adjacent to an activating group) is 1. The first kappa shape index (κ1) is 18.6. The van der Waals surface area contributed by atoms with Gasteiger partial charge in [-0.25, -0.2) is 0 Å². The van der Waals surface area contributed by atoms with Gasteiger partial charge in [-0.05, 0) is 29.6 Å². The molecule has 2 rings (SSSR count). The molecule has 0 saturated carbocycles. The summed E-state index contributed by atoms with van der Waals surface area (Å²) in [6.45, 7) is 0.625. The largest absolute Gasteiger partial charge is 0.343 e. The standard InChI is InChI=1S/C20H26N2OS/c1-22(20(23)19(21)13-14-24-2)15-18(16-9-5-3-6-10-16)17-11-7-4-8-12-17/h3-12,18-19H,13-15,21H2,1-2H3/t19-/m0/s1. The molecule has 2 aromatic carbocycles. The summed E-state index contributed by atoms with van der Waals surface area (Å²) in [5.41, 5.74) is 8.47. The van der Waals surface area contributed by atoms with Crippen LogP contribution in [-0.4, -0.2) is 42.4 Å². The Morgan fingerprint density at radius 1 is 1.04 bits per heavy atom. The number of carbonyl (C=O) groups is 1. The summed E-state index contributed by atoms with van der Waals surface area (Å²) in [7, 11) is 1.85. The number of amides is 1. The third kappa shape index (κ3) is 5.11. The van der Waals surface area contributed by atoms with Crippen LogP contribution < -0.4 is 5.73 Å². The predicted molar refractivity (Wildman–Crippen MR) is 103 cm³/mol. The van der Waals surface area contributed by atoms with Gasteiger partial charge in [0.05, 0.1) is 6.04 Å². The molecule has 2 N–H and O–H groups in total. The van der Waals surface area contributed by atoms with Gasteiger partial charge in [-0.3, -0.25) is 4.79 Å². The zero-order chi connectivity index (χ0) is 17.4. The van der Waals surface area contributed by atoms with Crippen molar-refractivity contribution in [3.05, 3.63) is 71.8 Å². The lowest BCUT2D eigenvalue weighted by Gasteiger charge is -2.27. The van der Waals surface area contributed by atoms with Crippen molar-refractivity contribution in [1.29, 1.82) is 0 Å². The topological polar surface area (TPSA) is 46.3 Å². The van der Waals surface area contributed by atoms with E-state index in [1.54, 1.807) is 16.7 Å². The molecule has 0 radical (unpaired) electrons. The third-order valence-corrected chi connectivity index (χ3v) is 4.83. The Balaban J connectivity index is 2.15. The molecular formula is C20H26N2OS. The quantitative estimate of drug-likeness (QED) is 0.800. The van der Waals surface area contributed by atoms with Crippen molar-refractivity contribution >= 4 is 17.7 Å². The number of hydrogen-bond acceptors (Lipinski definition) is 3. The molecule has 0 heterocycles. The second-order valence-corrected chi connectivity index (χ2v) is 6.97. The maximum Gasteiger partial charge on any atom is 0.239 e. The average Bonchev–Trinajstić information content (AvgIpc) is 2.64. The molecule has 0 aromatic heterocycles. The van der Waals surface area contributed by atoms with E-state index in [2.05, 4.69) is 24.3 Å². The van der Waals surface area contributed by atoms with Crippen LogP contribution in [0, 0.1) is 0 Å². The number of nitrogens with zero attached hydrogens (tertiary/aromatic N) is 1. The van der Waals surface area contributed by atoms with Crippen LogP contribution in [-0.2, 0) is 4.79 Å².